The van der Waals surface area contributed by atoms with E-state index in [1.54, 1.807) is 0 Å². The third-order valence-corrected chi connectivity index (χ3v) is 5.21. The second-order valence-electron chi connectivity index (χ2n) is 5.31. The number of hydrogen-bond acceptors (Lipinski definition) is 3. The first-order valence-electron chi connectivity index (χ1n) is 7.14. The Labute approximate surface area is 183 Å². The van der Waals surface area contributed by atoms with Gasteiger partial charge in [0.25, 0.3) is 5.69 Å². The van der Waals surface area contributed by atoms with Crippen LogP contribution in [0.1, 0.15) is 0 Å². The molecular formula is C17H6Cl6N2O2. The molecule has 3 aromatic rings. The summed E-state index contributed by atoms with van der Waals surface area (Å²) in [5.41, 5.74) is 0.527. The van der Waals surface area contributed by atoms with E-state index in [1.807, 2.05) is 0 Å². The molecule has 0 saturated heterocycles. The number of rotatable bonds is 3. The minimum Gasteiger partial charge on any atom is -0.258 e. The fourth-order valence-electron chi connectivity index (χ4n) is 2.48. The van der Waals surface area contributed by atoms with Gasteiger partial charge in [0.2, 0.25) is 0 Å². The lowest BCUT2D eigenvalue weighted by Crippen LogP contribution is -1.98. The van der Waals surface area contributed by atoms with Crippen molar-refractivity contribution in [1.29, 1.82) is 0 Å². The lowest BCUT2D eigenvalue weighted by Gasteiger charge is -2.12. The topological polar surface area (TPSA) is 56.0 Å². The molecule has 3 rings (SSSR count). The van der Waals surface area contributed by atoms with Gasteiger partial charge in [0.15, 0.2) is 5.69 Å². The summed E-state index contributed by atoms with van der Waals surface area (Å²) in [6.07, 6.45) is 0. The summed E-state index contributed by atoms with van der Waals surface area (Å²) in [6, 6.07) is 8.54. The molecule has 0 saturated carbocycles. The van der Waals surface area contributed by atoms with Gasteiger partial charge in [-0.1, -0.05) is 69.6 Å². The summed E-state index contributed by atoms with van der Waals surface area (Å²) in [4.78, 5) is 15.3. The number of nitrogens with zero attached hydrogens (tertiary/aromatic N) is 2. The largest absolute Gasteiger partial charge is 0.295 e. The van der Waals surface area contributed by atoms with Crippen LogP contribution in [0.15, 0.2) is 36.4 Å². The summed E-state index contributed by atoms with van der Waals surface area (Å²) in [7, 11) is 0. The Kier molecular flexibility index (Phi) is 6.06. The van der Waals surface area contributed by atoms with Crippen LogP contribution < -0.4 is 0 Å². The quantitative estimate of drug-likeness (QED) is 0.279. The number of pyridine rings is 1. The van der Waals surface area contributed by atoms with Crippen LogP contribution in [0.25, 0.3) is 22.5 Å². The van der Waals surface area contributed by atoms with Crippen LogP contribution in [0.4, 0.5) is 5.69 Å². The van der Waals surface area contributed by atoms with Gasteiger partial charge in [-0.3, -0.25) is 10.1 Å². The lowest BCUT2D eigenvalue weighted by molar-refractivity contribution is -0.384. The molecule has 4 nitrogen and oxygen atoms in total. The zero-order valence-corrected chi connectivity index (χ0v) is 17.5. The zero-order chi connectivity index (χ0) is 19.9. The van der Waals surface area contributed by atoms with E-state index in [-0.39, 0.29) is 42.1 Å². The number of halogens is 6. The molecule has 1 aromatic heterocycles. The molecule has 0 unspecified atom stereocenters. The Hall–Kier alpha value is -1.27. The molecule has 2 aromatic carbocycles. The monoisotopic (exact) mass is 480 g/mol. The Balaban J connectivity index is 2.33. The normalized spacial score (nSPS) is 10.9. The van der Waals surface area contributed by atoms with E-state index in [0.717, 1.165) is 0 Å². The first-order valence-corrected chi connectivity index (χ1v) is 9.41. The molecule has 0 aliphatic heterocycles. The fraction of sp³-hybridized carbons (Fsp3) is 0. The van der Waals surface area contributed by atoms with Crippen molar-refractivity contribution in [2.75, 3.05) is 0 Å². The molecule has 27 heavy (non-hydrogen) atoms. The van der Waals surface area contributed by atoms with E-state index in [9.17, 15) is 10.1 Å². The van der Waals surface area contributed by atoms with Crippen LogP contribution in [0.3, 0.4) is 0 Å². The molecular weight excluding hydrogens is 477 g/mol. The van der Waals surface area contributed by atoms with Gasteiger partial charge in [0.05, 0.1) is 30.7 Å². The number of hydrogen-bond donors (Lipinski definition) is 0. The SMILES string of the molecule is O=[N+]([O-])c1ccc(-c2c(Cl)cc(Cl)cc2Cl)nc1-c1c(Cl)cc(Cl)cc1Cl. The minimum atomic E-state index is -0.585. The number of nitro groups is 1. The second-order valence-corrected chi connectivity index (χ2v) is 7.81. The second kappa shape index (κ2) is 8.00. The van der Waals surface area contributed by atoms with Gasteiger partial charge in [-0.25, -0.2) is 4.98 Å². The van der Waals surface area contributed by atoms with Gasteiger partial charge in [0, 0.05) is 27.2 Å². The van der Waals surface area contributed by atoms with E-state index in [4.69, 9.17) is 69.6 Å². The van der Waals surface area contributed by atoms with E-state index >= 15 is 0 Å². The minimum absolute atomic E-state index is 0.0359. The van der Waals surface area contributed by atoms with Crippen LogP contribution >= 0.6 is 69.6 Å². The number of benzene rings is 2. The molecule has 1 heterocycles. The van der Waals surface area contributed by atoms with Gasteiger partial charge in [-0.05, 0) is 30.3 Å². The van der Waals surface area contributed by atoms with Crippen molar-refractivity contribution in [3.8, 4) is 22.5 Å². The molecule has 0 radical (unpaired) electrons. The molecule has 138 valence electrons. The molecule has 0 aliphatic carbocycles. The predicted molar refractivity (Wildman–Crippen MR) is 112 cm³/mol. The molecule has 0 aliphatic rings. The highest BCUT2D eigenvalue weighted by Gasteiger charge is 2.24. The maximum Gasteiger partial charge on any atom is 0.295 e. The summed E-state index contributed by atoms with van der Waals surface area (Å²) in [5, 5.41) is 12.9. The number of aromatic nitrogens is 1. The molecule has 0 N–H and O–H groups in total. The third-order valence-electron chi connectivity index (χ3n) is 3.58. The van der Waals surface area contributed by atoms with E-state index in [2.05, 4.69) is 4.98 Å². The lowest BCUT2D eigenvalue weighted by atomic mass is 10.1. The standard InChI is InChI=1S/C17H6Cl6N2O2/c18-7-3-9(20)15(10(21)4-7)13-1-2-14(25(26)27)17(24-13)16-11(22)5-8(19)6-12(16)23/h1-6H. The molecule has 10 heteroatoms. The molecule has 0 fully saturated rings. The van der Waals surface area contributed by atoms with Crippen LogP contribution in [0.2, 0.25) is 30.1 Å². The van der Waals surface area contributed by atoms with Crippen molar-refractivity contribution in [2.24, 2.45) is 0 Å². The van der Waals surface area contributed by atoms with Gasteiger partial charge in [0.1, 0.15) is 0 Å². The van der Waals surface area contributed by atoms with Gasteiger partial charge in [-0.2, -0.15) is 0 Å². The van der Waals surface area contributed by atoms with Crippen molar-refractivity contribution >= 4 is 75.3 Å². The van der Waals surface area contributed by atoms with E-state index in [1.165, 1.54) is 36.4 Å². The fourth-order valence-corrected chi connectivity index (χ4v) is 4.48. The van der Waals surface area contributed by atoms with Crippen LogP contribution in [0, 0.1) is 10.1 Å². The Bertz CT molecular complexity index is 1040. The van der Waals surface area contributed by atoms with Crippen molar-refractivity contribution in [1.82, 2.24) is 4.98 Å². The first kappa shape index (κ1) is 20.5. The summed E-state index contributed by atoms with van der Waals surface area (Å²) in [5.74, 6) is 0. The summed E-state index contributed by atoms with van der Waals surface area (Å²) < 4.78 is 0. The Morgan fingerprint density at radius 1 is 0.741 bits per heavy atom. The van der Waals surface area contributed by atoms with E-state index < -0.39 is 4.92 Å². The van der Waals surface area contributed by atoms with Crippen molar-refractivity contribution < 1.29 is 4.92 Å². The molecule has 0 amide bonds. The highest BCUT2D eigenvalue weighted by molar-refractivity contribution is 6.42. The van der Waals surface area contributed by atoms with Crippen molar-refractivity contribution in [3.05, 3.63) is 76.6 Å². The van der Waals surface area contributed by atoms with Crippen molar-refractivity contribution in [2.45, 2.75) is 0 Å². The third kappa shape index (κ3) is 4.11. The molecule has 0 atom stereocenters. The smallest absolute Gasteiger partial charge is 0.258 e. The van der Waals surface area contributed by atoms with Gasteiger partial charge < -0.3 is 0 Å². The average molecular weight is 483 g/mol. The highest BCUT2D eigenvalue weighted by atomic mass is 35.5. The maximum absolute atomic E-state index is 11.5. The molecule has 0 spiro atoms. The first-order chi connectivity index (χ1) is 12.7. The van der Waals surface area contributed by atoms with Gasteiger partial charge in [-0.15, -0.1) is 0 Å². The summed E-state index contributed by atoms with van der Waals surface area (Å²) >= 11 is 36.8. The van der Waals surface area contributed by atoms with Gasteiger partial charge >= 0.3 is 0 Å². The predicted octanol–water partition coefficient (Wildman–Crippen LogP) is 8.24. The van der Waals surface area contributed by atoms with Crippen LogP contribution in [-0.2, 0) is 0 Å². The van der Waals surface area contributed by atoms with Crippen LogP contribution in [-0.4, -0.2) is 9.91 Å². The van der Waals surface area contributed by atoms with E-state index in [0.29, 0.717) is 16.3 Å². The Morgan fingerprint density at radius 2 is 1.19 bits per heavy atom. The van der Waals surface area contributed by atoms with Crippen molar-refractivity contribution in [3.63, 3.8) is 0 Å². The highest BCUT2D eigenvalue weighted by Crippen LogP contribution is 2.43. The average Bonchev–Trinajstić information content (AvgIpc) is 2.52. The summed E-state index contributed by atoms with van der Waals surface area (Å²) in [6.45, 7) is 0. The maximum atomic E-state index is 11.5. The van der Waals surface area contributed by atoms with Crippen LogP contribution in [0.5, 0.6) is 0 Å². The Morgan fingerprint density at radius 3 is 1.63 bits per heavy atom. The zero-order valence-electron chi connectivity index (χ0n) is 12.9. The molecule has 0 bridgehead atoms.